The standard InChI is InChI=1S/C88H74N4/c1-51-36-55(5)84(56(6)37-51)67-27-32-80-73(46-67)74-47-68(85-57(7)38-52(2)39-58(85)8)28-33-81(74)91(80)71-25-19-24-65(44-71)72-45-66(78-50-77(63-20-15-13-16-21-63)89-88(90-78)64-22-17-14-18-23-64)26-31-79(72)92-82-34-29-69(86-59(9)40-53(3)41-60(86)10)48-75(82)76-49-70(30-35-83(76)92)87-61(11)42-54(4)43-62(87)12/h13-50H,1-12H3. The molecule has 0 saturated carbocycles. The lowest BCUT2D eigenvalue weighted by Crippen LogP contribution is -2.01. The van der Waals surface area contributed by atoms with Crippen LogP contribution in [0.3, 0.4) is 0 Å². The molecule has 15 aromatic rings. The van der Waals surface area contributed by atoms with Crippen LogP contribution >= 0.6 is 0 Å². The molecule has 0 bridgehead atoms. The summed E-state index contributed by atoms with van der Waals surface area (Å²) in [6.45, 7) is 26.8. The largest absolute Gasteiger partial charge is 0.309 e. The van der Waals surface area contributed by atoms with Crippen LogP contribution in [-0.4, -0.2) is 19.1 Å². The van der Waals surface area contributed by atoms with Crippen LogP contribution in [0.1, 0.15) is 66.8 Å². The van der Waals surface area contributed by atoms with Gasteiger partial charge in [-0.1, -0.05) is 174 Å². The third-order valence-corrected chi connectivity index (χ3v) is 19.2. The Balaban J connectivity index is 1.000. The Hall–Kier alpha value is -10.7. The molecule has 0 aliphatic rings. The van der Waals surface area contributed by atoms with Gasteiger partial charge >= 0.3 is 0 Å². The predicted octanol–water partition coefficient (Wildman–Crippen LogP) is 23.7. The monoisotopic (exact) mass is 1190 g/mol. The fourth-order valence-corrected chi connectivity index (χ4v) is 15.8. The number of hydrogen-bond donors (Lipinski definition) is 0. The van der Waals surface area contributed by atoms with Gasteiger partial charge in [0.1, 0.15) is 0 Å². The molecule has 0 aliphatic carbocycles. The van der Waals surface area contributed by atoms with Crippen molar-refractivity contribution in [2.75, 3.05) is 0 Å². The number of fused-ring (bicyclic) bond motifs is 6. The molecule has 0 aliphatic heterocycles. The number of nitrogens with zero attached hydrogens (tertiary/aromatic N) is 4. The number of aryl methyl sites for hydroxylation is 12. The van der Waals surface area contributed by atoms with Crippen LogP contribution in [0.5, 0.6) is 0 Å². The van der Waals surface area contributed by atoms with Gasteiger partial charge in [0.15, 0.2) is 5.82 Å². The minimum Gasteiger partial charge on any atom is -0.309 e. The Morgan fingerprint density at radius 3 is 0.967 bits per heavy atom. The van der Waals surface area contributed by atoms with Gasteiger partial charge in [-0.15, -0.1) is 0 Å². The van der Waals surface area contributed by atoms with Crippen molar-refractivity contribution in [3.8, 4) is 101 Å². The van der Waals surface area contributed by atoms with Gasteiger partial charge in [0, 0.05) is 49.5 Å². The molecule has 0 unspecified atom stereocenters. The average Bonchev–Trinajstić information content (AvgIpc) is 1.60. The molecule has 446 valence electrons. The topological polar surface area (TPSA) is 35.6 Å². The molecule has 0 fully saturated rings. The van der Waals surface area contributed by atoms with Crippen molar-refractivity contribution in [3.05, 3.63) is 297 Å². The zero-order valence-electron chi connectivity index (χ0n) is 54.7. The Bertz CT molecular complexity index is 5140. The highest BCUT2D eigenvalue weighted by molar-refractivity contribution is 6.14. The molecule has 0 amide bonds. The van der Waals surface area contributed by atoms with Gasteiger partial charge in [-0.3, -0.25) is 0 Å². The van der Waals surface area contributed by atoms with Gasteiger partial charge in [0.05, 0.1) is 39.1 Å². The molecule has 12 aromatic carbocycles. The lowest BCUT2D eigenvalue weighted by Gasteiger charge is -2.18. The summed E-state index contributed by atoms with van der Waals surface area (Å²) in [5.41, 5.74) is 39.0. The maximum atomic E-state index is 5.43. The molecule has 4 nitrogen and oxygen atoms in total. The smallest absolute Gasteiger partial charge is 0.160 e. The van der Waals surface area contributed by atoms with Gasteiger partial charge in [-0.2, -0.15) is 0 Å². The Labute approximate surface area is 540 Å². The van der Waals surface area contributed by atoms with Crippen LogP contribution in [0.25, 0.3) is 145 Å². The van der Waals surface area contributed by atoms with E-state index in [1.54, 1.807) is 0 Å². The summed E-state index contributed by atoms with van der Waals surface area (Å²) in [6, 6.07) is 86.3. The zero-order valence-corrected chi connectivity index (χ0v) is 54.7. The number of benzene rings is 12. The second-order valence-electron chi connectivity index (χ2n) is 26.2. The Kier molecular flexibility index (Phi) is 14.2. The fourth-order valence-electron chi connectivity index (χ4n) is 15.8. The number of aromatic nitrogens is 4. The van der Waals surface area contributed by atoms with E-state index in [-0.39, 0.29) is 0 Å². The van der Waals surface area contributed by atoms with E-state index in [1.807, 2.05) is 6.07 Å². The van der Waals surface area contributed by atoms with Gasteiger partial charge in [-0.25, -0.2) is 9.97 Å². The lowest BCUT2D eigenvalue weighted by atomic mass is 9.91. The molecular weight excluding hydrogens is 1110 g/mol. The third-order valence-electron chi connectivity index (χ3n) is 19.2. The molecular formula is C88H74N4. The molecule has 0 saturated heterocycles. The van der Waals surface area contributed by atoms with Crippen molar-refractivity contribution >= 4 is 43.6 Å². The van der Waals surface area contributed by atoms with Crippen molar-refractivity contribution in [3.63, 3.8) is 0 Å². The molecule has 3 aromatic heterocycles. The number of rotatable bonds is 10. The molecule has 15 rings (SSSR count). The fraction of sp³-hybridized carbons (Fsp3) is 0.136. The third kappa shape index (κ3) is 10.0. The summed E-state index contributed by atoms with van der Waals surface area (Å²) in [7, 11) is 0. The number of hydrogen-bond acceptors (Lipinski definition) is 2. The molecule has 0 N–H and O–H groups in total. The minimum absolute atomic E-state index is 0.680. The average molecular weight is 1190 g/mol. The summed E-state index contributed by atoms with van der Waals surface area (Å²) in [5.74, 6) is 0.680. The van der Waals surface area contributed by atoms with Crippen molar-refractivity contribution in [1.29, 1.82) is 0 Å². The molecule has 3 heterocycles. The van der Waals surface area contributed by atoms with Crippen molar-refractivity contribution in [2.45, 2.75) is 83.1 Å². The van der Waals surface area contributed by atoms with Gasteiger partial charge in [-0.05, 0) is 257 Å². The van der Waals surface area contributed by atoms with Crippen molar-refractivity contribution in [2.24, 2.45) is 0 Å². The van der Waals surface area contributed by atoms with Gasteiger partial charge in [0.25, 0.3) is 0 Å². The summed E-state index contributed by atoms with van der Waals surface area (Å²) >= 11 is 0. The molecule has 4 heteroatoms. The normalized spacial score (nSPS) is 11.7. The first kappa shape index (κ1) is 57.7. The van der Waals surface area contributed by atoms with E-state index in [4.69, 9.17) is 9.97 Å². The summed E-state index contributed by atoms with van der Waals surface area (Å²) < 4.78 is 5.01. The van der Waals surface area contributed by atoms with E-state index >= 15 is 0 Å². The van der Waals surface area contributed by atoms with E-state index < -0.39 is 0 Å². The maximum Gasteiger partial charge on any atom is 0.160 e. The highest BCUT2D eigenvalue weighted by Crippen LogP contribution is 2.45. The van der Waals surface area contributed by atoms with E-state index in [1.165, 1.54) is 133 Å². The van der Waals surface area contributed by atoms with Crippen molar-refractivity contribution in [1.82, 2.24) is 19.1 Å². The highest BCUT2D eigenvalue weighted by Gasteiger charge is 2.24. The molecule has 0 atom stereocenters. The quantitative estimate of drug-likeness (QED) is 0.137. The zero-order chi connectivity index (χ0) is 63.4. The molecule has 0 spiro atoms. The van der Waals surface area contributed by atoms with Crippen LogP contribution in [0.2, 0.25) is 0 Å². The van der Waals surface area contributed by atoms with E-state index in [2.05, 4.69) is 317 Å². The van der Waals surface area contributed by atoms with Crippen LogP contribution < -0.4 is 0 Å². The van der Waals surface area contributed by atoms with Crippen LogP contribution in [-0.2, 0) is 0 Å². The van der Waals surface area contributed by atoms with Gasteiger partial charge in [0.2, 0.25) is 0 Å². The second kappa shape index (κ2) is 22.7. The Morgan fingerprint density at radius 2 is 0.576 bits per heavy atom. The molecule has 0 radical (unpaired) electrons. The molecule has 92 heavy (non-hydrogen) atoms. The van der Waals surface area contributed by atoms with Crippen molar-refractivity contribution < 1.29 is 0 Å². The van der Waals surface area contributed by atoms with Crippen LogP contribution in [0.15, 0.2) is 231 Å². The minimum atomic E-state index is 0.680. The summed E-state index contributed by atoms with van der Waals surface area (Å²) in [6.07, 6.45) is 0. The van der Waals surface area contributed by atoms with E-state index in [9.17, 15) is 0 Å². The van der Waals surface area contributed by atoms with E-state index in [0.717, 1.165) is 72.6 Å². The van der Waals surface area contributed by atoms with E-state index in [0.29, 0.717) is 5.82 Å². The van der Waals surface area contributed by atoms with Gasteiger partial charge < -0.3 is 9.13 Å². The lowest BCUT2D eigenvalue weighted by molar-refractivity contribution is 1.16. The van der Waals surface area contributed by atoms with Crippen LogP contribution in [0.4, 0.5) is 0 Å². The first-order chi connectivity index (χ1) is 44.5. The predicted molar refractivity (Wildman–Crippen MR) is 391 cm³/mol. The summed E-state index contributed by atoms with van der Waals surface area (Å²) in [5, 5.41) is 4.85. The SMILES string of the molecule is Cc1cc(C)c(-c2ccc3c(c2)c2cc(-c4c(C)cc(C)cc4C)ccc2n3-c2cccc(-c3cc(-c4cc(-c5ccccc5)nc(-c5ccccc5)n4)ccc3-n3c4ccc(-c5c(C)cc(C)cc5C)cc4c4cc(-c5c(C)cc(C)cc5C)ccc43)c2)c(C)c1. The highest BCUT2D eigenvalue weighted by atomic mass is 15.0. The first-order valence-electron chi connectivity index (χ1n) is 32.3. The second-order valence-corrected chi connectivity index (χ2v) is 26.2. The first-order valence-corrected chi connectivity index (χ1v) is 32.3. The summed E-state index contributed by atoms with van der Waals surface area (Å²) in [4.78, 5) is 10.7. The maximum absolute atomic E-state index is 5.43. The van der Waals surface area contributed by atoms with Crippen LogP contribution in [0, 0.1) is 83.1 Å². The Morgan fingerprint density at radius 1 is 0.239 bits per heavy atom.